The maximum atomic E-state index is 14.5. The molecule has 9 aromatic carbocycles. The quantitative estimate of drug-likeness (QED) is 0.0232. The van der Waals surface area contributed by atoms with Crippen LogP contribution in [0.4, 0.5) is 62.6 Å². The number of carbonyl (C=O) groups is 5. The van der Waals surface area contributed by atoms with Crippen LogP contribution in [0, 0.1) is 17.5 Å². The number of carbonyl (C=O) groups excluding carboxylic acids is 5. The molecule has 4 amide bonds. The molecule has 2 saturated heterocycles. The number of sulfonamides is 2. The lowest BCUT2D eigenvalue weighted by Gasteiger charge is -2.43. The Bertz CT molecular complexity index is 6250. The van der Waals surface area contributed by atoms with Gasteiger partial charge in [0.2, 0.25) is 10.6 Å². The number of nitrogens with two attached hydrogens (primary N) is 1. The summed E-state index contributed by atoms with van der Waals surface area (Å²) in [5, 5.41) is 30.6. The molecule has 2 radical (unpaired) electrons. The van der Waals surface area contributed by atoms with Gasteiger partial charge >= 0.3 is 12.2 Å². The maximum absolute atomic E-state index is 14.5. The van der Waals surface area contributed by atoms with Crippen molar-refractivity contribution in [3.05, 3.63) is 222 Å². The van der Waals surface area contributed by atoms with Gasteiger partial charge in [0.25, 0.3) is 35.0 Å². The molecule has 6 heterocycles. The summed E-state index contributed by atoms with van der Waals surface area (Å²) >= 11 is 25.7. The van der Waals surface area contributed by atoms with Crippen LogP contribution >= 0.6 is 138 Å². The first-order chi connectivity index (χ1) is 65.6. The van der Waals surface area contributed by atoms with Crippen molar-refractivity contribution in [2.75, 3.05) is 107 Å². The number of anilines is 7. The van der Waals surface area contributed by atoms with Crippen LogP contribution in [0.25, 0.3) is 0 Å². The molecule has 142 heavy (non-hydrogen) atoms. The molecule has 0 unspecified atom stereocenters. The number of fused-ring (bicyclic) bond motifs is 4. The third kappa shape index (κ3) is 36.4. The normalized spacial score (nSPS) is 15.6. The predicted octanol–water partition coefficient (Wildman–Crippen LogP) is 23.7. The Morgan fingerprint density at radius 3 is 1.26 bits per heavy atom. The number of phenolic OH excluding ortho intramolecular Hbond substituents is 2. The summed E-state index contributed by atoms with van der Waals surface area (Å²) < 4.78 is 155. The molecule has 0 bridgehead atoms. The van der Waals surface area contributed by atoms with Crippen molar-refractivity contribution in [2.24, 2.45) is 0 Å². The standard InChI is InChI=1S/C25H32FN3O5S.C16H15BrFNO3S.C10H11Br2NO2.C10H10BrNO2.C10H12BrNO.C9H18N2O2.C6H6BrNO.C6H4ClFO2S.C4H6Br2O.CH3B/c1-24(2,3)34-23(30)28-15-13-27(14-16-28)19-10-8-11-20-22(19)33-25(4,5)17-29(20)35(31,32)21-12-7-6-9-18(21)26;1-16(2)10-19(13-8-5-6-11(17)15(13)22-16)23(20,21)14-9-4-3-7-12(14)18;1-10(2,12)9(15)13-7-5-3-4-6(11)8(7)14;1-10(2)9(13)12-7-5-3-4-6(11)8(7)14-10;1-10(2)6-12-8-5-3-4-7(11)9(8)13-10;1-9(2,3)13-8(12)11-6-4-10-5-7-11;7-4-2-1-3-5(8)6(4)9;7-11(9,10)6-4-2-1-3-5(6)8;1-4(2,6)3(5)7;1-2/h6-12H,13-17H2,1-5H3;3-9H,10H2,1-2H3;3-5,14H,1-2H3,(H,13,15);3-5H,1-2H3,(H,12,13);3-5,12H,6H2,1-2H3;10H,4-7H2,1-3H3;1-3,9H,8H2;1-4H;1-2H3;1H3. The first-order valence-electron chi connectivity index (χ1n) is 43.7. The van der Waals surface area contributed by atoms with E-state index in [0.29, 0.717) is 85.3 Å². The molecule has 2 fully saturated rings. The summed E-state index contributed by atoms with van der Waals surface area (Å²) in [7, 11) is -2.75. The van der Waals surface area contributed by atoms with E-state index in [1.807, 2.05) is 84.0 Å². The summed E-state index contributed by atoms with van der Waals surface area (Å²) in [6, 6.07) is 47.9. The molecular weight excluding hydrogens is 2450 g/mol. The van der Waals surface area contributed by atoms with Gasteiger partial charge in [-0.3, -0.25) is 23.0 Å². The highest BCUT2D eigenvalue weighted by Gasteiger charge is 2.44. The van der Waals surface area contributed by atoms with Crippen molar-refractivity contribution in [2.45, 2.75) is 188 Å². The number of alkyl halides is 2. The third-order valence-corrected chi connectivity index (χ3v) is 30.0. The molecule has 0 aliphatic carbocycles. The van der Waals surface area contributed by atoms with Gasteiger partial charge < -0.3 is 80.3 Å². The van der Waals surface area contributed by atoms with Crippen molar-refractivity contribution in [3.8, 4) is 34.5 Å². The average molecular weight is 2570 g/mol. The Balaban J connectivity index is 0.000000255. The van der Waals surface area contributed by atoms with Crippen LogP contribution in [0.1, 0.15) is 125 Å². The van der Waals surface area contributed by atoms with E-state index in [1.54, 1.807) is 146 Å². The molecule has 0 saturated carbocycles. The number of phenols is 2. The highest BCUT2D eigenvalue weighted by molar-refractivity contribution is 9.20. The predicted molar refractivity (Wildman–Crippen MR) is 583 cm³/mol. The van der Waals surface area contributed by atoms with Crippen molar-refractivity contribution in [1.29, 1.82) is 0 Å². The van der Waals surface area contributed by atoms with Crippen LogP contribution in [0.15, 0.2) is 219 Å². The minimum absolute atomic E-state index is 0.0278. The minimum Gasteiger partial charge on any atom is -0.505 e. The Hall–Kier alpha value is -8.28. The third-order valence-electron chi connectivity index (χ3n) is 19.6. The zero-order chi connectivity index (χ0) is 107. The van der Waals surface area contributed by atoms with Crippen LogP contribution in [-0.2, 0) is 53.0 Å². The Morgan fingerprint density at radius 1 is 0.472 bits per heavy atom. The van der Waals surface area contributed by atoms with Gasteiger partial charge in [-0.15, -0.1) is 0 Å². The number of piperazine rings is 2. The van der Waals surface area contributed by atoms with E-state index in [9.17, 15) is 67.5 Å². The number of halogens is 12. The van der Waals surface area contributed by atoms with Gasteiger partial charge in [0, 0.05) is 63.0 Å². The van der Waals surface area contributed by atoms with Crippen LogP contribution < -0.4 is 59.5 Å². The molecule has 0 atom stereocenters. The summed E-state index contributed by atoms with van der Waals surface area (Å²) in [6.07, 6.45) is -0.555. The molecule has 0 spiro atoms. The monoisotopic (exact) mass is 2560 g/mol. The van der Waals surface area contributed by atoms with Gasteiger partial charge in [-0.05, 0) is 329 Å². The number of rotatable bonds is 9. The lowest BCUT2D eigenvalue weighted by molar-refractivity contribution is -0.129. The van der Waals surface area contributed by atoms with Crippen molar-refractivity contribution >= 4 is 244 Å². The highest BCUT2D eigenvalue weighted by Crippen LogP contribution is 2.49. The topological polar surface area (TPSA) is 374 Å². The molecule has 774 valence electrons. The zero-order valence-electron chi connectivity index (χ0n) is 81.6. The number of nitrogens with one attached hydrogen (secondary N) is 4. The van der Waals surface area contributed by atoms with Crippen molar-refractivity contribution in [1.82, 2.24) is 15.1 Å². The van der Waals surface area contributed by atoms with Crippen molar-refractivity contribution < 1.29 is 101 Å². The zero-order valence-corrected chi connectivity index (χ0v) is 97.5. The van der Waals surface area contributed by atoms with Crippen LogP contribution in [-0.4, -0.2) is 196 Å². The lowest BCUT2D eigenvalue weighted by atomic mass is 10.1. The van der Waals surface area contributed by atoms with Gasteiger partial charge in [0.05, 0.1) is 98.3 Å². The Morgan fingerprint density at radius 2 is 0.838 bits per heavy atom. The molecule has 8 N–H and O–H groups in total. The molecule has 6 aliphatic rings. The molecule has 9 aromatic rings. The minimum atomic E-state index is -4.17. The number of hydrogen-bond donors (Lipinski definition) is 7. The largest absolute Gasteiger partial charge is 0.505 e. The van der Waals surface area contributed by atoms with E-state index >= 15 is 0 Å². The molecular formula is C97H117BBr8ClF3N10O19S3. The summed E-state index contributed by atoms with van der Waals surface area (Å²) in [5.41, 5.74) is 5.90. The van der Waals surface area contributed by atoms with Gasteiger partial charge in [0.15, 0.2) is 40.1 Å². The van der Waals surface area contributed by atoms with Crippen molar-refractivity contribution in [3.63, 3.8) is 0 Å². The van der Waals surface area contributed by atoms with E-state index in [2.05, 4.69) is 175 Å². The summed E-state index contributed by atoms with van der Waals surface area (Å²) in [5.74, 6) is -0.128. The number of nitrogen functional groups attached to an aromatic ring is 1. The number of nitrogens with zero attached hydrogens (tertiary/aromatic N) is 5. The summed E-state index contributed by atoms with van der Waals surface area (Å²) in [4.78, 5) is 61.7. The fourth-order valence-electron chi connectivity index (χ4n) is 12.7. The second kappa shape index (κ2) is 51.9. The van der Waals surface area contributed by atoms with E-state index in [4.69, 9.17) is 49.9 Å². The highest BCUT2D eigenvalue weighted by atomic mass is 79.9. The molecule has 45 heteroatoms. The van der Waals surface area contributed by atoms with Crippen LogP contribution in [0.3, 0.4) is 0 Å². The van der Waals surface area contributed by atoms with E-state index < -0.39 is 82.5 Å². The molecule has 0 aromatic heterocycles. The number of aromatic hydroxyl groups is 2. The van der Waals surface area contributed by atoms with Gasteiger partial charge in [-0.25, -0.2) is 48.0 Å². The maximum Gasteiger partial charge on any atom is 0.410 e. The van der Waals surface area contributed by atoms with Gasteiger partial charge in [0.1, 0.15) is 60.1 Å². The molecule has 6 aliphatic heterocycles. The smallest absolute Gasteiger partial charge is 0.410 e. The lowest BCUT2D eigenvalue weighted by Crippen LogP contribution is -2.52. The van der Waals surface area contributed by atoms with Gasteiger partial charge in [-0.2, -0.15) is 0 Å². The Labute approximate surface area is 903 Å². The Kier molecular flexibility index (Phi) is 44.7. The second-order valence-corrected chi connectivity index (χ2v) is 52.0. The number of benzene rings is 9. The van der Waals surface area contributed by atoms with Crippen LogP contribution in [0.5, 0.6) is 34.5 Å². The van der Waals surface area contributed by atoms with Crippen LogP contribution in [0.2, 0.25) is 6.82 Å². The number of para-hydroxylation sites is 6. The molecule has 15 rings (SSSR count). The number of ether oxygens (including phenoxy) is 6. The summed E-state index contributed by atoms with van der Waals surface area (Å²) in [6.45, 7) is 40.6. The average Bonchev–Trinajstić information content (AvgIpc) is 0.741. The first kappa shape index (κ1) is 122. The number of hydrogen-bond acceptors (Lipinski definition) is 23. The first-order valence-corrected chi connectivity index (χ1v) is 55.2. The second-order valence-electron chi connectivity index (χ2n) is 36.9. The molecule has 29 nitrogen and oxygen atoms in total. The number of amides is 4. The van der Waals surface area contributed by atoms with E-state index in [0.717, 1.165) is 83.1 Å². The van der Waals surface area contributed by atoms with E-state index in [1.165, 1.54) is 64.0 Å². The van der Waals surface area contributed by atoms with Gasteiger partial charge in [-0.1, -0.05) is 111 Å². The fourth-order valence-corrected chi connectivity index (χ4v) is 19.1. The van der Waals surface area contributed by atoms with E-state index in [-0.39, 0.29) is 74.3 Å². The fraction of sp³-hybridized carbons (Fsp3) is 0.392. The SMILES string of the molecule is CC(C)(Br)C(=O)Br.CC(C)(Br)C(=O)Nc1cccc(Br)c1O.CC(C)(C)OC(=O)N1CCN(c2cccc3c2OC(C)(C)CN3S(=O)(=O)c2ccccc2F)CC1.CC(C)(C)OC(=O)N1CCNCC1.CC1(C)CN(S(=O)(=O)c2ccccc2F)c2cccc(Br)c2O1.CC1(C)CNc2cccc(Br)c2O1.CC1(C)Oc2c(Br)cccc2NC1=O.Nc1cccc(Br)c1O.O=S(=O)(Cl)c1ccccc1F.[B]C.